The van der Waals surface area contributed by atoms with Gasteiger partial charge in [-0.2, -0.15) is 0 Å². The normalized spacial score (nSPS) is 14.3. The zero-order valence-electron chi connectivity index (χ0n) is 40.2. The van der Waals surface area contributed by atoms with Crippen LogP contribution < -0.4 is 0 Å². The first-order chi connectivity index (χ1) is 32.4. The van der Waals surface area contributed by atoms with Crippen LogP contribution in [0.2, 0.25) is 0 Å². The Hall–Kier alpha value is -7.62. The Morgan fingerprint density at radius 1 is 0.351 bits per heavy atom. The summed E-state index contributed by atoms with van der Waals surface area (Å²) in [5, 5.41) is 5.88. The summed E-state index contributed by atoms with van der Waals surface area (Å²) in [6.07, 6.45) is 0. The molecule has 0 atom stereocenters. The maximum Gasteiger partial charge on any atom is 0.135 e. The average molecular weight is 737 g/mol. The molecule has 0 spiro atoms. The number of rotatable bonds is 5. The minimum Gasteiger partial charge on any atom is -0.456 e. The minimum atomic E-state index is -0.544. The van der Waals surface area contributed by atoms with Gasteiger partial charge in [0, 0.05) is 43.7 Å². The number of aromatic nitrogens is 2. The van der Waals surface area contributed by atoms with E-state index in [0.29, 0.717) is 11.1 Å². The van der Waals surface area contributed by atoms with Gasteiger partial charge < -0.3 is 13.6 Å². The Kier molecular flexibility index (Phi) is 5.10. The van der Waals surface area contributed by atoms with E-state index in [9.17, 15) is 0 Å². The van der Waals surface area contributed by atoms with Crippen molar-refractivity contribution in [1.29, 1.82) is 0 Å². The third-order valence-corrected chi connectivity index (χ3v) is 11.1. The van der Waals surface area contributed by atoms with Crippen LogP contribution in [0.25, 0.3) is 110 Å². The van der Waals surface area contributed by atoms with Gasteiger partial charge >= 0.3 is 0 Å². The second-order valence-corrected chi connectivity index (χ2v) is 14.1. The lowest BCUT2D eigenvalue weighted by Crippen LogP contribution is -1.95. The van der Waals surface area contributed by atoms with Gasteiger partial charge in [-0.25, -0.2) is 0 Å². The van der Waals surface area contributed by atoms with Crippen LogP contribution in [-0.4, -0.2) is 9.13 Å². The van der Waals surface area contributed by atoms with Gasteiger partial charge in [0.2, 0.25) is 0 Å². The topological polar surface area (TPSA) is 23.0 Å². The van der Waals surface area contributed by atoms with Crippen LogP contribution in [0.15, 0.2) is 210 Å². The number of fused-ring (bicyclic) bond motifs is 9. The molecule has 0 aliphatic heterocycles. The van der Waals surface area contributed by atoms with E-state index < -0.39 is 60.4 Å². The van der Waals surface area contributed by atoms with Gasteiger partial charge in [-0.05, 0) is 100 Å². The molecule has 0 bridgehead atoms. The Morgan fingerprint density at radius 2 is 0.842 bits per heavy atom. The van der Waals surface area contributed by atoms with Crippen LogP contribution in [0.4, 0.5) is 0 Å². The number of hydrogen-bond acceptors (Lipinski definition) is 1. The average Bonchev–Trinajstić information content (AvgIpc) is 4.01. The van der Waals surface area contributed by atoms with Crippen molar-refractivity contribution in [2.45, 2.75) is 0 Å². The minimum absolute atomic E-state index is 0.0768. The number of furan rings is 1. The van der Waals surface area contributed by atoms with E-state index in [4.69, 9.17) is 18.1 Å². The molecule has 3 heterocycles. The molecule has 0 radical (unpaired) electrons. The zero-order chi connectivity index (χ0) is 46.2. The maximum atomic E-state index is 9.08. The van der Waals surface area contributed by atoms with E-state index in [1.165, 1.54) is 0 Å². The van der Waals surface area contributed by atoms with Crippen molar-refractivity contribution in [3.63, 3.8) is 0 Å². The Bertz CT molecular complexity index is 3930. The lowest BCUT2D eigenvalue weighted by Gasteiger charge is -2.17. The summed E-state index contributed by atoms with van der Waals surface area (Å²) >= 11 is 0. The predicted molar refractivity (Wildman–Crippen MR) is 239 cm³/mol. The van der Waals surface area contributed by atoms with Crippen molar-refractivity contribution in [3.8, 4) is 44.8 Å². The summed E-state index contributed by atoms with van der Waals surface area (Å²) in [6, 6.07) is 43.0. The number of benzene rings is 9. The maximum absolute atomic E-state index is 9.08. The van der Waals surface area contributed by atoms with Crippen LogP contribution in [0.3, 0.4) is 0 Å². The third kappa shape index (κ3) is 4.86. The molecule has 0 aliphatic rings. The molecule has 0 saturated heterocycles. The standard InChI is InChI=1S/C54H34N2O/c1-3-14-35(15-4-1)40-21-13-22-41(36-16-5-2-6-17-36)54(40)37-26-29-50-45(32-37)46-33-38(55-48-23-10-7-18-42(48)43-19-8-11-24-49(43)55)27-30-51(46)56(50)39-28-31-53-47(34-39)44-20-9-12-25-52(44)57-53/h1-34H/i1D,2D,3D,4D,5D,6D,14D,15D,16D,17D. The molecular formula is C54H34N2O. The molecule has 0 unspecified atom stereocenters. The van der Waals surface area contributed by atoms with Gasteiger partial charge in [0.05, 0.1) is 35.8 Å². The lowest BCUT2D eigenvalue weighted by molar-refractivity contribution is 0.669. The van der Waals surface area contributed by atoms with Crippen LogP contribution in [0, 0.1) is 0 Å². The van der Waals surface area contributed by atoms with Crippen molar-refractivity contribution in [2.75, 3.05) is 0 Å². The molecule has 57 heavy (non-hydrogen) atoms. The van der Waals surface area contributed by atoms with E-state index in [2.05, 4.69) is 57.7 Å². The molecule has 0 amide bonds. The van der Waals surface area contributed by atoms with Gasteiger partial charge in [0.25, 0.3) is 0 Å². The second-order valence-electron chi connectivity index (χ2n) is 14.1. The summed E-state index contributed by atoms with van der Waals surface area (Å²) < 4.78 is 98.3. The molecule has 0 N–H and O–H groups in total. The highest BCUT2D eigenvalue weighted by molar-refractivity contribution is 6.14. The summed E-state index contributed by atoms with van der Waals surface area (Å²) in [6.45, 7) is 0. The Balaban J connectivity index is 1.20. The molecular weight excluding hydrogens is 693 g/mol. The summed E-state index contributed by atoms with van der Waals surface area (Å²) in [7, 11) is 0. The highest BCUT2D eigenvalue weighted by atomic mass is 16.3. The SMILES string of the molecule is [2H]c1c([2H])c([2H])c(-c2cccc(-c3c([2H])c([2H])c([2H])c([2H])c3[2H])c2-c2ccc3c(c2)c2cc(-n4c5ccccc5c5ccccc54)ccc2n3-c2ccc3oc4ccccc4c3c2)c([2H])c1[2H]. The van der Waals surface area contributed by atoms with Gasteiger partial charge in [-0.3, -0.25) is 0 Å². The largest absolute Gasteiger partial charge is 0.456 e. The fourth-order valence-electron chi connectivity index (χ4n) is 8.69. The van der Waals surface area contributed by atoms with E-state index in [1.807, 2.05) is 78.9 Å². The van der Waals surface area contributed by atoms with Gasteiger partial charge in [0.15, 0.2) is 0 Å². The highest BCUT2D eigenvalue weighted by Gasteiger charge is 2.20. The van der Waals surface area contributed by atoms with E-state index >= 15 is 0 Å². The van der Waals surface area contributed by atoms with E-state index in [1.54, 1.807) is 18.2 Å². The van der Waals surface area contributed by atoms with E-state index in [0.717, 1.165) is 76.9 Å². The first-order valence-electron chi connectivity index (χ1n) is 23.7. The van der Waals surface area contributed by atoms with Crippen molar-refractivity contribution < 1.29 is 18.1 Å². The molecule has 0 fully saturated rings. The molecule has 0 aliphatic carbocycles. The molecule has 12 aromatic rings. The van der Waals surface area contributed by atoms with Crippen molar-refractivity contribution in [3.05, 3.63) is 206 Å². The monoisotopic (exact) mass is 736 g/mol. The molecule has 0 saturated carbocycles. The van der Waals surface area contributed by atoms with Gasteiger partial charge in [0.1, 0.15) is 11.2 Å². The van der Waals surface area contributed by atoms with Crippen molar-refractivity contribution in [1.82, 2.24) is 9.13 Å². The molecule has 3 nitrogen and oxygen atoms in total. The summed E-state index contributed by atoms with van der Waals surface area (Å²) in [5.41, 5.74) is 8.38. The lowest BCUT2D eigenvalue weighted by atomic mass is 9.87. The predicted octanol–water partition coefficient (Wildman–Crippen LogP) is 14.8. The third-order valence-electron chi connectivity index (χ3n) is 11.1. The highest BCUT2D eigenvalue weighted by Crippen LogP contribution is 2.44. The number of hydrogen-bond donors (Lipinski definition) is 0. The molecule has 3 heteroatoms. The number of nitrogens with zero attached hydrogens (tertiary/aromatic N) is 2. The van der Waals surface area contributed by atoms with E-state index in [-0.39, 0.29) is 22.3 Å². The second kappa shape index (κ2) is 12.5. The Labute approximate surface area is 342 Å². The fraction of sp³-hybridized carbons (Fsp3) is 0. The zero-order valence-corrected chi connectivity index (χ0v) is 30.2. The smallest absolute Gasteiger partial charge is 0.135 e. The molecule has 12 rings (SSSR count). The molecule has 3 aromatic heterocycles. The van der Waals surface area contributed by atoms with Crippen LogP contribution in [0.5, 0.6) is 0 Å². The van der Waals surface area contributed by atoms with Crippen LogP contribution in [0.1, 0.15) is 13.7 Å². The Morgan fingerprint density at radius 3 is 1.49 bits per heavy atom. The first-order valence-corrected chi connectivity index (χ1v) is 18.7. The van der Waals surface area contributed by atoms with Crippen LogP contribution >= 0.6 is 0 Å². The molecule has 266 valence electrons. The first kappa shape index (κ1) is 23.3. The van der Waals surface area contributed by atoms with Crippen molar-refractivity contribution in [2.24, 2.45) is 0 Å². The fourth-order valence-corrected chi connectivity index (χ4v) is 8.69. The summed E-state index contributed by atoms with van der Waals surface area (Å²) in [5.74, 6) is 0. The quantitative estimate of drug-likeness (QED) is 0.173. The van der Waals surface area contributed by atoms with Crippen LogP contribution in [-0.2, 0) is 0 Å². The number of para-hydroxylation sites is 3. The van der Waals surface area contributed by atoms with Gasteiger partial charge in [-0.15, -0.1) is 0 Å². The summed E-state index contributed by atoms with van der Waals surface area (Å²) in [4.78, 5) is 0. The molecule has 9 aromatic carbocycles. The van der Waals surface area contributed by atoms with Crippen molar-refractivity contribution >= 4 is 65.6 Å². The van der Waals surface area contributed by atoms with Gasteiger partial charge in [-0.1, -0.05) is 139 Å².